The third-order valence-electron chi connectivity index (χ3n) is 5.46. The second-order valence-corrected chi connectivity index (χ2v) is 8.69. The predicted octanol–water partition coefficient (Wildman–Crippen LogP) is 6.03. The summed E-state index contributed by atoms with van der Waals surface area (Å²) in [4.78, 5) is 17.0. The number of nitrogens with zero attached hydrogens (tertiary/aromatic N) is 3. The zero-order chi connectivity index (χ0) is 27.1. The predicted molar refractivity (Wildman–Crippen MR) is 149 cm³/mol. The molecular weight excluding hydrogens is 504 g/mol. The van der Waals surface area contributed by atoms with E-state index in [1.54, 1.807) is 29.1 Å². The highest BCUT2D eigenvalue weighted by atomic mass is 35.5. The van der Waals surface area contributed by atoms with Gasteiger partial charge in [-0.3, -0.25) is 5.32 Å². The molecule has 0 fully saturated rings. The summed E-state index contributed by atoms with van der Waals surface area (Å²) >= 11 is 5.79. The van der Waals surface area contributed by atoms with Gasteiger partial charge in [-0.25, -0.2) is 14.5 Å². The van der Waals surface area contributed by atoms with Gasteiger partial charge in [-0.05, 0) is 44.3 Å². The lowest BCUT2D eigenvalue weighted by atomic mass is 10.2. The number of benzene rings is 2. The van der Waals surface area contributed by atoms with E-state index >= 15 is 0 Å². The molecule has 0 saturated heterocycles. The van der Waals surface area contributed by atoms with Gasteiger partial charge < -0.3 is 20.2 Å². The molecule has 10 heteroatoms. The fourth-order valence-electron chi connectivity index (χ4n) is 3.63. The average molecular weight is 531 g/mol. The summed E-state index contributed by atoms with van der Waals surface area (Å²) in [5.74, 6) is 1.87. The number of urea groups is 1. The molecular formula is C28H27ClN6O3. The van der Waals surface area contributed by atoms with E-state index in [0.29, 0.717) is 22.8 Å². The summed E-state index contributed by atoms with van der Waals surface area (Å²) in [5.41, 5.74) is 9.62. The number of aliphatic imine (C=N–C) groups is 1. The minimum Gasteiger partial charge on any atom is -0.469 e. The monoisotopic (exact) mass is 530 g/mol. The molecule has 2 aromatic carbocycles. The van der Waals surface area contributed by atoms with Crippen LogP contribution in [-0.2, 0) is 6.54 Å². The maximum atomic E-state index is 13.0. The number of carbonyl (C=O) groups excluding carboxylic acids is 1. The minimum atomic E-state index is -0.423. The van der Waals surface area contributed by atoms with E-state index in [9.17, 15) is 4.79 Å². The van der Waals surface area contributed by atoms with Crippen LogP contribution < -0.4 is 21.1 Å². The highest BCUT2D eigenvalue weighted by Gasteiger charge is 2.16. The molecule has 0 radical (unpaired) electrons. The summed E-state index contributed by atoms with van der Waals surface area (Å²) in [5, 5.41) is 10.5. The zero-order valence-corrected chi connectivity index (χ0v) is 21.7. The number of para-hydroxylation sites is 1. The van der Waals surface area contributed by atoms with E-state index in [0.717, 1.165) is 22.6 Å². The lowest BCUT2D eigenvalue weighted by Gasteiger charge is -2.13. The van der Waals surface area contributed by atoms with Crippen molar-refractivity contribution in [2.75, 3.05) is 5.32 Å². The van der Waals surface area contributed by atoms with Crippen LogP contribution in [0.15, 0.2) is 100 Å². The van der Waals surface area contributed by atoms with Crippen molar-refractivity contribution in [1.82, 2.24) is 15.1 Å². The van der Waals surface area contributed by atoms with Gasteiger partial charge in [0.1, 0.15) is 22.5 Å². The number of ether oxygens (including phenoxy) is 1. The van der Waals surface area contributed by atoms with E-state index < -0.39 is 6.03 Å². The molecule has 4 rings (SSSR count). The van der Waals surface area contributed by atoms with E-state index in [4.69, 9.17) is 31.6 Å². The molecule has 38 heavy (non-hydrogen) atoms. The SMILES string of the molecule is C=C(Cl)/N=C(\C=C/N)Oc1ccccc1CNC(=O)Nc1cc(-c2ccoc2C)nn1-c1ccc(C)cc1. The third-order valence-corrected chi connectivity index (χ3v) is 5.55. The van der Waals surface area contributed by atoms with E-state index in [2.05, 4.69) is 22.2 Å². The Kier molecular flexibility index (Phi) is 8.30. The van der Waals surface area contributed by atoms with Gasteiger partial charge in [0, 0.05) is 29.8 Å². The maximum absolute atomic E-state index is 13.0. The Morgan fingerprint density at radius 2 is 1.97 bits per heavy atom. The fourth-order valence-corrected chi connectivity index (χ4v) is 3.71. The van der Waals surface area contributed by atoms with Gasteiger partial charge >= 0.3 is 6.03 Å². The highest BCUT2D eigenvalue weighted by Crippen LogP contribution is 2.28. The molecule has 9 nitrogen and oxygen atoms in total. The van der Waals surface area contributed by atoms with Crippen LogP contribution >= 0.6 is 11.6 Å². The molecule has 0 aliphatic carbocycles. The Morgan fingerprint density at radius 1 is 1.21 bits per heavy atom. The number of nitrogens with two attached hydrogens (primary N) is 1. The first-order valence-electron chi connectivity index (χ1n) is 11.7. The number of nitrogens with one attached hydrogen (secondary N) is 2. The Labute approximate surface area is 225 Å². The van der Waals surface area contributed by atoms with Crippen molar-refractivity contribution in [1.29, 1.82) is 0 Å². The second kappa shape index (κ2) is 12.0. The Balaban J connectivity index is 1.53. The summed E-state index contributed by atoms with van der Waals surface area (Å²) in [6.45, 7) is 7.59. The number of hydrogen-bond acceptors (Lipinski definition) is 6. The first-order valence-corrected chi connectivity index (χ1v) is 12.1. The Bertz CT molecular complexity index is 1500. The lowest BCUT2D eigenvalue weighted by molar-refractivity contribution is 0.251. The molecule has 0 aliphatic rings. The number of hydrogen-bond donors (Lipinski definition) is 3. The summed E-state index contributed by atoms with van der Waals surface area (Å²) in [7, 11) is 0. The molecule has 0 saturated carbocycles. The zero-order valence-electron chi connectivity index (χ0n) is 20.9. The van der Waals surface area contributed by atoms with Crippen LogP contribution in [0.3, 0.4) is 0 Å². The Morgan fingerprint density at radius 3 is 2.66 bits per heavy atom. The molecule has 2 amide bonds. The minimum absolute atomic E-state index is 0.0447. The lowest BCUT2D eigenvalue weighted by Crippen LogP contribution is -2.29. The van der Waals surface area contributed by atoms with Gasteiger partial charge in [-0.15, -0.1) is 0 Å². The van der Waals surface area contributed by atoms with E-state index in [1.165, 1.54) is 12.3 Å². The normalized spacial score (nSPS) is 11.5. The van der Waals surface area contributed by atoms with Crippen LogP contribution in [0.1, 0.15) is 16.9 Å². The third kappa shape index (κ3) is 6.51. The standard InChI is InChI=1S/C28H27ClN6O3/c1-18-8-10-22(11-9-18)35-26(16-24(34-35)23-13-15-37-19(23)2)33-28(36)31-17-21-6-4-5-7-25(21)38-27(12-14-30)32-20(3)29/h4-16H,3,17,30H2,1-2H3,(H2,31,33,36)/b14-12-,32-27+. The number of anilines is 1. The van der Waals surface area contributed by atoms with Gasteiger partial charge in [0.2, 0.25) is 5.90 Å². The molecule has 0 atom stereocenters. The largest absolute Gasteiger partial charge is 0.469 e. The van der Waals surface area contributed by atoms with Gasteiger partial charge in [-0.2, -0.15) is 5.10 Å². The first-order chi connectivity index (χ1) is 18.3. The summed E-state index contributed by atoms with van der Waals surface area (Å²) in [6.07, 6.45) is 4.34. The van der Waals surface area contributed by atoms with Crippen LogP contribution in [-0.4, -0.2) is 21.7 Å². The summed E-state index contributed by atoms with van der Waals surface area (Å²) < 4.78 is 13.0. The van der Waals surface area contributed by atoms with E-state index in [-0.39, 0.29) is 17.6 Å². The number of furan rings is 1. The molecule has 2 heterocycles. The second-order valence-electron chi connectivity index (χ2n) is 8.26. The van der Waals surface area contributed by atoms with Crippen molar-refractivity contribution in [3.05, 3.63) is 108 Å². The van der Waals surface area contributed by atoms with Crippen molar-refractivity contribution >= 4 is 29.3 Å². The quantitative estimate of drug-likeness (QED) is 0.146. The number of halogens is 1. The van der Waals surface area contributed by atoms with Gasteiger partial charge in [0.15, 0.2) is 0 Å². The number of carbonyl (C=O) groups is 1. The molecule has 4 aromatic rings. The van der Waals surface area contributed by atoms with Crippen LogP contribution in [0.5, 0.6) is 5.75 Å². The summed E-state index contributed by atoms with van der Waals surface area (Å²) in [6, 6.07) is 18.3. The molecule has 0 unspecified atom stereocenters. The van der Waals surface area contributed by atoms with Crippen LogP contribution in [0, 0.1) is 13.8 Å². The van der Waals surface area contributed by atoms with Gasteiger partial charge in [0.25, 0.3) is 0 Å². The van der Waals surface area contributed by atoms with Gasteiger partial charge in [-0.1, -0.05) is 54.1 Å². The number of aryl methyl sites for hydroxylation is 2. The Hall–Kier alpha value is -4.76. The number of rotatable bonds is 8. The van der Waals surface area contributed by atoms with Crippen LogP contribution in [0.4, 0.5) is 10.6 Å². The van der Waals surface area contributed by atoms with Crippen LogP contribution in [0.2, 0.25) is 0 Å². The van der Waals surface area contributed by atoms with E-state index in [1.807, 2.05) is 56.3 Å². The topological polar surface area (TPSA) is 120 Å². The smallest absolute Gasteiger partial charge is 0.320 e. The molecule has 0 spiro atoms. The molecule has 0 bridgehead atoms. The van der Waals surface area contributed by atoms with Crippen molar-refractivity contribution in [2.24, 2.45) is 10.7 Å². The number of amides is 2. The maximum Gasteiger partial charge on any atom is 0.320 e. The average Bonchev–Trinajstić information content (AvgIpc) is 3.49. The fraction of sp³-hybridized carbons (Fsp3) is 0.107. The van der Waals surface area contributed by atoms with Crippen molar-refractivity contribution < 1.29 is 13.9 Å². The van der Waals surface area contributed by atoms with Gasteiger partial charge in [0.05, 0.1) is 17.6 Å². The molecule has 2 aromatic heterocycles. The number of aromatic nitrogens is 2. The van der Waals surface area contributed by atoms with Crippen molar-refractivity contribution in [3.8, 4) is 22.7 Å². The molecule has 0 aliphatic heterocycles. The molecule has 194 valence electrons. The highest BCUT2D eigenvalue weighted by molar-refractivity contribution is 6.29. The van der Waals surface area contributed by atoms with Crippen LogP contribution in [0.25, 0.3) is 16.9 Å². The first kappa shape index (κ1) is 26.3. The molecule has 4 N–H and O–H groups in total. The van der Waals surface area contributed by atoms with Crippen molar-refractivity contribution in [3.63, 3.8) is 0 Å². The van der Waals surface area contributed by atoms with Crippen molar-refractivity contribution in [2.45, 2.75) is 20.4 Å².